The van der Waals surface area contributed by atoms with E-state index >= 15 is 0 Å². The molecule has 0 bridgehead atoms. The van der Waals surface area contributed by atoms with Crippen molar-refractivity contribution in [3.8, 4) is 0 Å². The van der Waals surface area contributed by atoms with Crippen molar-refractivity contribution in [3.63, 3.8) is 0 Å². The van der Waals surface area contributed by atoms with E-state index in [9.17, 15) is 4.79 Å². The summed E-state index contributed by atoms with van der Waals surface area (Å²) in [6.07, 6.45) is 1.50. The lowest BCUT2D eigenvalue weighted by atomic mass is 10.3. The maximum Gasteiger partial charge on any atom is 0.270 e. The van der Waals surface area contributed by atoms with Gasteiger partial charge in [0.15, 0.2) is 0 Å². The zero-order valence-corrected chi connectivity index (χ0v) is 9.43. The van der Waals surface area contributed by atoms with Crippen molar-refractivity contribution in [1.82, 2.24) is 10.3 Å². The summed E-state index contributed by atoms with van der Waals surface area (Å²) in [5.74, 6) is 1.25. The second-order valence-electron chi connectivity index (χ2n) is 3.67. The van der Waals surface area contributed by atoms with Crippen molar-refractivity contribution < 1.29 is 9.21 Å². The number of pyridine rings is 1. The van der Waals surface area contributed by atoms with Crippen molar-refractivity contribution >= 4 is 11.6 Å². The first-order chi connectivity index (χ1) is 8.15. The van der Waals surface area contributed by atoms with Crippen LogP contribution >= 0.6 is 0 Å². The van der Waals surface area contributed by atoms with Crippen molar-refractivity contribution in [2.45, 2.75) is 13.5 Å². The largest absolute Gasteiger partial charge is 0.465 e. The summed E-state index contributed by atoms with van der Waals surface area (Å²) < 4.78 is 5.33. The van der Waals surface area contributed by atoms with E-state index in [1.165, 1.54) is 12.3 Å². The smallest absolute Gasteiger partial charge is 0.270 e. The Hall–Kier alpha value is -2.30. The second-order valence-corrected chi connectivity index (χ2v) is 3.67. The molecule has 2 heterocycles. The molecular formula is C12H13N3O2. The highest BCUT2D eigenvalue weighted by molar-refractivity contribution is 5.92. The van der Waals surface area contributed by atoms with Crippen LogP contribution in [0.15, 0.2) is 34.9 Å². The van der Waals surface area contributed by atoms with E-state index in [0.717, 1.165) is 5.76 Å². The molecule has 5 heteroatoms. The molecule has 0 fully saturated rings. The van der Waals surface area contributed by atoms with Crippen LogP contribution in [-0.2, 0) is 6.54 Å². The first-order valence-corrected chi connectivity index (χ1v) is 5.20. The van der Waals surface area contributed by atoms with E-state index in [1.807, 2.05) is 19.1 Å². The summed E-state index contributed by atoms with van der Waals surface area (Å²) in [7, 11) is 0. The van der Waals surface area contributed by atoms with Gasteiger partial charge in [0.2, 0.25) is 0 Å². The quantitative estimate of drug-likeness (QED) is 0.838. The molecule has 1 amide bonds. The average Bonchev–Trinajstić information content (AvgIpc) is 2.72. The summed E-state index contributed by atoms with van der Waals surface area (Å²) in [5.41, 5.74) is 6.38. The monoisotopic (exact) mass is 231 g/mol. The van der Waals surface area contributed by atoms with Gasteiger partial charge in [0.25, 0.3) is 5.91 Å². The van der Waals surface area contributed by atoms with Crippen LogP contribution in [-0.4, -0.2) is 10.9 Å². The molecule has 0 saturated carbocycles. The number of hydrogen-bond donors (Lipinski definition) is 2. The SMILES string of the molecule is Cc1ccc(CNC(=O)c2cc(N)ccn2)o1. The van der Waals surface area contributed by atoms with Crippen molar-refractivity contribution in [2.24, 2.45) is 0 Å². The Morgan fingerprint density at radius 2 is 2.29 bits per heavy atom. The molecule has 88 valence electrons. The second kappa shape index (κ2) is 4.69. The standard InChI is InChI=1S/C12H13N3O2/c1-8-2-3-10(17-8)7-15-12(16)11-6-9(13)4-5-14-11/h2-6H,7H2,1H3,(H2,13,14)(H,15,16). The van der Waals surface area contributed by atoms with Crippen LogP contribution in [0.4, 0.5) is 5.69 Å². The van der Waals surface area contributed by atoms with Crippen LogP contribution < -0.4 is 11.1 Å². The van der Waals surface area contributed by atoms with Gasteiger partial charge in [-0.05, 0) is 31.2 Å². The van der Waals surface area contributed by atoms with E-state index < -0.39 is 0 Å². The minimum Gasteiger partial charge on any atom is -0.465 e. The van der Waals surface area contributed by atoms with Gasteiger partial charge in [0, 0.05) is 11.9 Å². The topological polar surface area (TPSA) is 81.2 Å². The van der Waals surface area contributed by atoms with Gasteiger partial charge in [-0.2, -0.15) is 0 Å². The van der Waals surface area contributed by atoms with E-state index in [0.29, 0.717) is 23.7 Å². The molecule has 0 unspecified atom stereocenters. The average molecular weight is 231 g/mol. The van der Waals surface area contributed by atoms with Crippen LogP contribution in [0.2, 0.25) is 0 Å². The van der Waals surface area contributed by atoms with Crippen molar-refractivity contribution in [3.05, 3.63) is 47.7 Å². The predicted octanol–water partition coefficient (Wildman–Crippen LogP) is 1.50. The van der Waals surface area contributed by atoms with Gasteiger partial charge in [0.1, 0.15) is 17.2 Å². The molecule has 3 N–H and O–H groups in total. The Labute approximate surface area is 98.6 Å². The summed E-state index contributed by atoms with van der Waals surface area (Å²) in [4.78, 5) is 15.6. The predicted molar refractivity (Wildman–Crippen MR) is 63.3 cm³/mol. The van der Waals surface area contributed by atoms with Gasteiger partial charge in [-0.3, -0.25) is 9.78 Å². The van der Waals surface area contributed by atoms with Gasteiger partial charge >= 0.3 is 0 Å². The summed E-state index contributed by atoms with van der Waals surface area (Å²) in [6, 6.07) is 6.83. The number of amides is 1. The normalized spacial score (nSPS) is 10.2. The van der Waals surface area contributed by atoms with Crippen LogP contribution in [0.3, 0.4) is 0 Å². The zero-order chi connectivity index (χ0) is 12.3. The van der Waals surface area contributed by atoms with Crippen LogP contribution in [0.5, 0.6) is 0 Å². The molecule has 0 aliphatic rings. The Bertz CT molecular complexity index is 534. The lowest BCUT2D eigenvalue weighted by Gasteiger charge is -2.03. The van der Waals surface area contributed by atoms with E-state index in [-0.39, 0.29) is 5.91 Å². The number of hydrogen-bond acceptors (Lipinski definition) is 4. The van der Waals surface area contributed by atoms with Gasteiger partial charge in [-0.15, -0.1) is 0 Å². The maximum absolute atomic E-state index is 11.7. The fraction of sp³-hybridized carbons (Fsp3) is 0.167. The third-order valence-electron chi connectivity index (χ3n) is 2.24. The van der Waals surface area contributed by atoms with Gasteiger partial charge in [-0.1, -0.05) is 0 Å². The lowest BCUT2D eigenvalue weighted by molar-refractivity contribution is 0.0943. The molecule has 0 atom stereocenters. The summed E-state index contributed by atoms with van der Waals surface area (Å²) >= 11 is 0. The Morgan fingerprint density at radius 1 is 1.47 bits per heavy atom. The number of carbonyl (C=O) groups excluding carboxylic acids is 1. The Kier molecular flexibility index (Phi) is 3.09. The lowest BCUT2D eigenvalue weighted by Crippen LogP contribution is -2.23. The number of carbonyl (C=O) groups is 1. The molecular weight excluding hydrogens is 218 g/mol. The molecule has 0 aliphatic carbocycles. The van der Waals surface area contributed by atoms with E-state index in [1.54, 1.807) is 6.07 Å². The molecule has 0 radical (unpaired) electrons. The molecule has 0 aromatic carbocycles. The van der Waals surface area contributed by atoms with Gasteiger partial charge in [0.05, 0.1) is 6.54 Å². The molecule has 0 spiro atoms. The molecule has 2 aromatic rings. The first-order valence-electron chi connectivity index (χ1n) is 5.20. The molecule has 2 rings (SSSR count). The zero-order valence-electron chi connectivity index (χ0n) is 9.43. The first kappa shape index (κ1) is 11.2. The Balaban J connectivity index is 1.98. The summed E-state index contributed by atoms with van der Waals surface area (Å²) in [6.45, 7) is 2.19. The number of anilines is 1. The molecule has 17 heavy (non-hydrogen) atoms. The summed E-state index contributed by atoms with van der Waals surface area (Å²) in [5, 5.41) is 2.71. The number of nitrogens with two attached hydrogens (primary N) is 1. The van der Waals surface area contributed by atoms with Crippen LogP contribution in [0.1, 0.15) is 22.0 Å². The van der Waals surface area contributed by atoms with Gasteiger partial charge < -0.3 is 15.5 Å². The number of aromatic nitrogens is 1. The van der Waals surface area contributed by atoms with Gasteiger partial charge in [-0.25, -0.2) is 0 Å². The molecule has 0 saturated heterocycles. The molecule has 5 nitrogen and oxygen atoms in total. The van der Waals surface area contributed by atoms with E-state index in [2.05, 4.69) is 10.3 Å². The number of furan rings is 1. The highest BCUT2D eigenvalue weighted by Crippen LogP contribution is 2.06. The molecule has 0 aliphatic heterocycles. The number of aryl methyl sites for hydroxylation is 1. The van der Waals surface area contributed by atoms with Crippen molar-refractivity contribution in [1.29, 1.82) is 0 Å². The van der Waals surface area contributed by atoms with Crippen molar-refractivity contribution in [2.75, 3.05) is 5.73 Å². The Morgan fingerprint density at radius 3 is 2.94 bits per heavy atom. The fourth-order valence-electron chi connectivity index (χ4n) is 1.41. The minimum absolute atomic E-state index is 0.272. The third-order valence-corrected chi connectivity index (χ3v) is 2.24. The maximum atomic E-state index is 11.7. The highest BCUT2D eigenvalue weighted by atomic mass is 16.3. The highest BCUT2D eigenvalue weighted by Gasteiger charge is 2.07. The van der Waals surface area contributed by atoms with E-state index in [4.69, 9.17) is 10.2 Å². The minimum atomic E-state index is -0.272. The number of nitrogens with zero attached hydrogens (tertiary/aromatic N) is 1. The number of nitrogen functional groups attached to an aromatic ring is 1. The number of nitrogens with one attached hydrogen (secondary N) is 1. The molecule has 2 aromatic heterocycles. The third kappa shape index (κ3) is 2.84. The van der Waals surface area contributed by atoms with Crippen LogP contribution in [0.25, 0.3) is 0 Å². The number of rotatable bonds is 3. The van der Waals surface area contributed by atoms with Crippen LogP contribution in [0, 0.1) is 6.92 Å². The fourth-order valence-corrected chi connectivity index (χ4v) is 1.41.